The predicted octanol–water partition coefficient (Wildman–Crippen LogP) is 3.97. The molecule has 6 heteroatoms. The average molecular weight is 335 g/mol. The van der Waals surface area contributed by atoms with Crippen LogP contribution in [0.3, 0.4) is 0 Å². The number of hydrogen-bond acceptors (Lipinski definition) is 4. The van der Waals surface area contributed by atoms with Crippen LogP contribution in [-0.4, -0.2) is 16.5 Å². The molecule has 0 spiro atoms. The Morgan fingerprint density at radius 3 is 2.40 bits per heavy atom. The van der Waals surface area contributed by atoms with E-state index in [0.717, 1.165) is 5.56 Å². The van der Waals surface area contributed by atoms with Crippen molar-refractivity contribution >= 4 is 23.4 Å². The van der Waals surface area contributed by atoms with E-state index in [1.165, 1.54) is 24.3 Å². The largest absolute Gasteiger partial charge is 0.271 e. The minimum absolute atomic E-state index is 0.0654. The van der Waals surface area contributed by atoms with E-state index in [1.54, 1.807) is 13.0 Å². The van der Waals surface area contributed by atoms with Gasteiger partial charge in [0.15, 0.2) is 0 Å². The van der Waals surface area contributed by atoms with Gasteiger partial charge in [-0.25, -0.2) is 5.43 Å². The SMILES string of the molecule is CC(C=CC=Cc1ccccc1)=NNC(=O)c1ccc([N+](=O)[O-])cc1. The number of nitro groups is 1. The molecule has 0 unspecified atom stereocenters. The van der Waals surface area contributed by atoms with Gasteiger partial charge in [0.1, 0.15) is 0 Å². The molecular formula is C19H17N3O3. The Bertz CT molecular complexity index is 823. The molecule has 2 aromatic carbocycles. The van der Waals surface area contributed by atoms with Crippen LogP contribution in [-0.2, 0) is 0 Å². The first kappa shape index (κ1) is 17.8. The van der Waals surface area contributed by atoms with Crippen LogP contribution in [0.4, 0.5) is 5.69 Å². The van der Waals surface area contributed by atoms with Gasteiger partial charge in [0.25, 0.3) is 11.6 Å². The van der Waals surface area contributed by atoms with Crippen LogP contribution in [0, 0.1) is 10.1 Å². The summed E-state index contributed by atoms with van der Waals surface area (Å²) in [6.07, 6.45) is 7.42. The van der Waals surface area contributed by atoms with Gasteiger partial charge in [-0.15, -0.1) is 0 Å². The van der Waals surface area contributed by atoms with Gasteiger partial charge in [0.05, 0.1) is 10.6 Å². The van der Waals surface area contributed by atoms with E-state index >= 15 is 0 Å². The molecule has 126 valence electrons. The standard InChI is InChI=1S/C19H17N3O3/c1-15(7-5-6-10-16-8-3-2-4-9-16)20-21-19(23)17-11-13-18(14-12-17)22(24)25/h2-14H,1H3,(H,21,23). The molecule has 0 saturated carbocycles. The molecule has 25 heavy (non-hydrogen) atoms. The smallest absolute Gasteiger partial charge is 0.267 e. The summed E-state index contributed by atoms with van der Waals surface area (Å²) in [5, 5.41) is 14.5. The van der Waals surface area contributed by atoms with Gasteiger partial charge in [-0.3, -0.25) is 14.9 Å². The molecular weight excluding hydrogens is 318 g/mol. The minimum atomic E-state index is -0.516. The Morgan fingerprint density at radius 2 is 1.76 bits per heavy atom. The number of carbonyl (C=O) groups is 1. The Balaban J connectivity index is 1.89. The van der Waals surface area contributed by atoms with Crippen molar-refractivity contribution in [3.8, 4) is 0 Å². The highest BCUT2D eigenvalue weighted by Crippen LogP contribution is 2.11. The molecule has 2 rings (SSSR count). The Hall–Kier alpha value is -3.54. The molecule has 1 N–H and O–H groups in total. The fourth-order valence-electron chi connectivity index (χ4n) is 1.90. The number of nitro benzene ring substituents is 1. The lowest BCUT2D eigenvalue weighted by Gasteiger charge is -2.00. The molecule has 0 bridgehead atoms. The van der Waals surface area contributed by atoms with Crippen molar-refractivity contribution in [1.29, 1.82) is 0 Å². The highest BCUT2D eigenvalue weighted by atomic mass is 16.6. The number of carbonyl (C=O) groups excluding carboxylic acids is 1. The number of amides is 1. The van der Waals surface area contributed by atoms with Crippen LogP contribution in [0.1, 0.15) is 22.8 Å². The molecule has 6 nitrogen and oxygen atoms in total. The topological polar surface area (TPSA) is 84.6 Å². The zero-order valence-electron chi connectivity index (χ0n) is 13.6. The van der Waals surface area contributed by atoms with E-state index in [9.17, 15) is 14.9 Å². The maximum absolute atomic E-state index is 11.9. The van der Waals surface area contributed by atoms with Crippen LogP contribution in [0.5, 0.6) is 0 Å². The van der Waals surface area contributed by atoms with E-state index in [4.69, 9.17) is 0 Å². The quantitative estimate of drug-likeness (QED) is 0.375. The van der Waals surface area contributed by atoms with Crippen LogP contribution in [0.2, 0.25) is 0 Å². The number of hydrazone groups is 1. The summed E-state index contributed by atoms with van der Waals surface area (Å²) in [5.41, 5.74) is 4.35. The van der Waals surface area contributed by atoms with E-state index < -0.39 is 10.8 Å². The molecule has 1 amide bonds. The molecule has 0 heterocycles. The summed E-state index contributed by atoms with van der Waals surface area (Å²) in [6, 6.07) is 15.2. The molecule has 0 saturated heterocycles. The van der Waals surface area contributed by atoms with Crippen molar-refractivity contribution in [3.05, 3.63) is 94.1 Å². The highest BCUT2D eigenvalue weighted by Gasteiger charge is 2.08. The lowest BCUT2D eigenvalue weighted by Crippen LogP contribution is -2.18. The Morgan fingerprint density at radius 1 is 1.08 bits per heavy atom. The first-order valence-corrected chi connectivity index (χ1v) is 7.55. The third kappa shape index (κ3) is 5.87. The van der Waals surface area contributed by atoms with Gasteiger partial charge in [0, 0.05) is 17.7 Å². The monoisotopic (exact) mass is 335 g/mol. The number of hydrogen-bond donors (Lipinski definition) is 1. The van der Waals surface area contributed by atoms with Gasteiger partial charge in [-0.1, -0.05) is 48.6 Å². The highest BCUT2D eigenvalue weighted by molar-refractivity contribution is 5.97. The van der Waals surface area contributed by atoms with Crippen molar-refractivity contribution in [2.45, 2.75) is 6.92 Å². The maximum atomic E-state index is 11.9. The molecule has 2 aromatic rings. The van der Waals surface area contributed by atoms with Crippen LogP contribution in [0.25, 0.3) is 6.08 Å². The maximum Gasteiger partial charge on any atom is 0.271 e. The Labute approximate surface area is 145 Å². The van der Waals surface area contributed by atoms with Crippen molar-refractivity contribution in [2.75, 3.05) is 0 Å². The molecule has 0 aromatic heterocycles. The van der Waals surface area contributed by atoms with Gasteiger partial charge < -0.3 is 0 Å². The zero-order chi connectivity index (χ0) is 18.1. The first-order valence-electron chi connectivity index (χ1n) is 7.55. The van der Waals surface area contributed by atoms with Crippen molar-refractivity contribution in [1.82, 2.24) is 5.43 Å². The average Bonchev–Trinajstić information content (AvgIpc) is 2.64. The van der Waals surface area contributed by atoms with Crippen LogP contribution < -0.4 is 5.43 Å². The molecule has 0 atom stereocenters. The lowest BCUT2D eigenvalue weighted by molar-refractivity contribution is -0.384. The van der Waals surface area contributed by atoms with Crippen LogP contribution >= 0.6 is 0 Å². The number of nitrogens with one attached hydrogen (secondary N) is 1. The molecule has 0 aliphatic heterocycles. The molecule has 0 aliphatic carbocycles. The summed E-state index contributed by atoms with van der Waals surface area (Å²) >= 11 is 0. The fraction of sp³-hybridized carbons (Fsp3) is 0.0526. The summed E-state index contributed by atoms with van der Waals surface area (Å²) in [6.45, 7) is 1.75. The summed E-state index contributed by atoms with van der Waals surface area (Å²) in [7, 11) is 0. The van der Waals surface area contributed by atoms with E-state index in [0.29, 0.717) is 11.3 Å². The van der Waals surface area contributed by atoms with Gasteiger partial charge in [0.2, 0.25) is 0 Å². The number of non-ortho nitro benzene ring substituents is 1. The van der Waals surface area contributed by atoms with Crippen molar-refractivity contribution in [2.24, 2.45) is 5.10 Å². The van der Waals surface area contributed by atoms with E-state index in [1.807, 2.05) is 48.6 Å². The molecule has 0 radical (unpaired) electrons. The van der Waals surface area contributed by atoms with Gasteiger partial charge >= 0.3 is 0 Å². The second-order valence-electron chi connectivity index (χ2n) is 5.13. The minimum Gasteiger partial charge on any atom is -0.267 e. The third-order valence-electron chi connectivity index (χ3n) is 3.21. The number of benzene rings is 2. The van der Waals surface area contributed by atoms with Gasteiger partial charge in [-0.05, 0) is 30.7 Å². The number of nitrogens with zero attached hydrogens (tertiary/aromatic N) is 2. The van der Waals surface area contributed by atoms with Gasteiger partial charge in [-0.2, -0.15) is 5.10 Å². The third-order valence-corrected chi connectivity index (χ3v) is 3.21. The Kier molecular flexibility index (Phi) is 6.36. The summed E-state index contributed by atoms with van der Waals surface area (Å²) in [4.78, 5) is 22.0. The molecule has 0 fully saturated rings. The predicted molar refractivity (Wildman–Crippen MR) is 98.3 cm³/mol. The number of rotatable bonds is 6. The second kappa shape index (κ2) is 8.93. The van der Waals surface area contributed by atoms with E-state index in [2.05, 4.69) is 10.5 Å². The van der Waals surface area contributed by atoms with Crippen LogP contribution in [0.15, 0.2) is 77.9 Å². The fourth-order valence-corrected chi connectivity index (χ4v) is 1.90. The van der Waals surface area contributed by atoms with Crippen molar-refractivity contribution in [3.63, 3.8) is 0 Å². The number of allylic oxidation sites excluding steroid dienone is 3. The summed E-state index contributed by atoms with van der Waals surface area (Å²) < 4.78 is 0. The second-order valence-corrected chi connectivity index (χ2v) is 5.13. The summed E-state index contributed by atoms with van der Waals surface area (Å²) in [5.74, 6) is -0.428. The lowest BCUT2D eigenvalue weighted by atomic mass is 10.2. The normalized spacial score (nSPS) is 11.8. The van der Waals surface area contributed by atoms with Crippen molar-refractivity contribution < 1.29 is 9.72 Å². The first-order chi connectivity index (χ1) is 12.1. The molecule has 0 aliphatic rings. The van der Waals surface area contributed by atoms with E-state index in [-0.39, 0.29) is 5.69 Å². The zero-order valence-corrected chi connectivity index (χ0v) is 13.6.